The van der Waals surface area contributed by atoms with Gasteiger partial charge in [-0.1, -0.05) is 36.4 Å². The highest BCUT2D eigenvalue weighted by molar-refractivity contribution is 5.90. The van der Waals surface area contributed by atoms with Gasteiger partial charge in [0.25, 0.3) is 5.69 Å². The summed E-state index contributed by atoms with van der Waals surface area (Å²) in [6, 6.07) is 13.7. The van der Waals surface area contributed by atoms with Gasteiger partial charge in [-0.15, -0.1) is 0 Å². The molecular weight excluding hydrogens is 362 g/mol. The molecule has 1 saturated heterocycles. The molecule has 2 aromatic carbocycles. The molecular formula is C20H21N3O5. The van der Waals surface area contributed by atoms with Crippen LogP contribution in [-0.4, -0.2) is 41.4 Å². The van der Waals surface area contributed by atoms with Crippen molar-refractivity contribution in [3.63, 3.8) is 0 Å². The van der Waals surface area contributed by atoms with Crippen molar-refractivity contribution in [1.82, 2.24) is 4.90 Å². The average molecular weight is 383 g/mol. The highest BCUT2D eigenvalue weighted by Crippen LogP contribution is 2.28. The SMILES string of the molecule is COC(=O)C1CCCN1C(=O)C(Nc1cccc([N+](=O)[O-])c1)c1ccccc1. The minimum atomic E-state index is -0.784. The largest absolute Gasteiger partial charge is 0.467 e. The molecule has 1 aliphatic rings. The van der Waals surface area contributed by atoms with E-state index in [1.165, 1.54) is 24.1 Å². The van der Waals surface area contributed by atoms with Crippen LogP contribution in [0.15, 0.2) is 54.6 Å². The van der Waals surface area contributed by atoms with Crippen molar-refractivity contribution < 1.29 is 19.2 Å². The van der Waals surface area contributed by atoms with E-state index in [9.17, 15) is 19.7 Å². The monoisotopic (exact) mass is 383 g/mol. The Hall–Kier alpha value is -3.42. The molecule has 0 bridgehead atoms. The Morgan fingerprint density at radius 2 is 1.96 bits per heavy atom. The Labute approximate surface area is 162 Å². The van der Waals surface area contributed by atoms with Crippen molar-refractivity contribution >= 4 is 23.3 Å². The number of anilines is 1. The number of nitrogens with one attached hydrogen (secondary N) is 1. The van der Waals surface area contributed by atoms with Crippen molar-refractivity contribution in [2.45, 2.75) is 24.9 Å². The van der Waals surface area contributed by atoms with Crippen LogP contribution in [0.3, 0.4) is 0 Å². The summed E-state index contributed by atoms with van der Waals surface area (Å²) in [6.07, 6.45) is 1.26. The molecule has 0 aromatic heterocycles. The predicted molar refractivity (Wildman–Crippen MR) is 103 cm³/mol. The zero-order valence-corrected chi connectivity index (χ0v) is 15.4. The fourth-order valence-electron chi connectivity index (χ4n) is 3.39. The first-order chi connectivity index (χ1) is 13.5. The molecule has 1 N–H and O–H groups in total. The van der Waals surface area contributed by atoms with E-state index < -0.39 is 23.0 Å². The van der Waals surface area contributed by atoms with E-state index in [4.69, 9.17) is 4.74 Å². The zero-order chi connectivity index (χ0) is 20.1. The normalized spacial score (nSPS) is 17.0. The van der Waals surface area contributed by atoms with Gasteiger partial charge >= 0.3 is 5.97 Å². The summed E-state index contributed by atoms with van der Waals surface area (Å²) in [7, 11) is 1.30. The summed E-state index contributed by atoms with van der Waals surface area (Å²) < 4.78 is 4.83. The maximum Gasteiger partial charge on any atom is 0.328 e. The molecule has 2 unspecified atom stereocenters. The van der Waals surface area contributed by atoms with E-state index >= 15 is 0 Å². The lowest BCUT2D eigenvalue weighted by atomic mass is 10.0. The van der Waals surface area contributed by atoms with Gasteiger partial charge in [0, 0.05) is 24.4 Å². The summed E-state index contributed by atoms with van der Waals surface area (Å²) in [5, 5.41) is 14.2. The molecule has 0 aliphatic carbocycles. The second kappa shape index (κ2) is 8.51. The molecule has 28 heavy (non-hydrogen) atoms. The molecule has 0 radical (unpaired) electrons. The molecule has 1 amide bonds. The fraction of sp³-hybridized carbons (Fsp3) is 0.300. The quantitative estimate of drug-likeness (QED) is 0.467. The maximum atomic E-state index is 13.3. The van der Waals surface area contributed by atoms with Gasteiger partial charge in [-0.25, -0.2) is 4.79 Å². The first-order valence-electron chi connectivity index (χ1n) is 8.95. The number of carbonyl (C=O) groups is 2. The Morgan fingerprint density at radius 1 is 1.21 bits per heavy atom. The van der Waals surface area contributed by atoms with Crippen LogP contribution in [0.25, 0.3) is 0 Å². The Bertz CT molecular complexity index is 871. The number of likely N-dealkylation sites (tertiary alicyclic amines) is 1. The molecule has 8 heteroatoms. The van der Waals surface area contributed by atoms with Gasteiger partial charge in [0.05, 0.1) is 12.0 Å². The van der Waals surface area contributed by atoms with Crippen molar-refractivity contribution in [2.24, 2.45) is 0 Å². The van der Waals surface area contributed by atoms with Crippen LogP contribution >= 0.6 is 0 Å². The van der Waals surface area contributed by atoms with Crippen molar-refractivity contribution in [1.29, 1.82) is 0 Å². The number of nitro groups is 1. The van der Waals surface area contributed by atoms with E-state index in [0.717, 1.165) is 0 Å². The molecule has 0 spiro atoms. The lowest BCUT2D eigenvalue weighted by Crippen LogP contribution is -2.45. The summed E-state index contributed by atoms with van der Waals surface area (Å²) in [5.41, 5.74) is 1.08. The van der Waals surface area contributed by atoms with Crippen LogP contribution in [0.2, 0.25) is 0 Å². The average Bonchev–Trinajstić information content (AvgIpc) is 3.21. The number of non-ortho nitro benzene ring substituents is 1. The van der Waals surface area contributed by atoms with Gasteiger partial charge in [0.15, 0.2) is 0 Å². The van der Waals surface area contributed by atoms with Crippen molar-refractivity contribution in [3.05, 3.63) is 70.3 Å². The number of nitro benzene ring substituents is 1. The van der Waals surface area contributed by atoms with Crippen LogP contribution in [0, 0.1) is 10.1 Å². The van der Waals surface area contributed by atoms with Crippen LogP contribution in [0.5, 0.6) is 0 Å². The second-order valence-electron chi connectivity index (χ2n) is 6.51. The van der Waals surface area contributed by atoms with Gasteiger partial charge in [-0.3, -0.25) is 14.9 Å². The van der Waals surface area contributed by atoms with Crippen LogP contribution in [-0.2, 0) is 14.3 Å². The number of methoxy groups -OCH3 is 1. The number of nitrogens with zero attached hydrogens (tertiary/aromatic N) is 2. The van der Waals surface area contributed by atoms with Crippen LogP contribution in [0.1, 0.15) is 24.4 Å². The summed E-state index contributed by atoms with van der Waals surface area (Å²) >= 11 is 0. The summed E-state index contributed by atoms with van der Waals surface area (Å²) in [6.45, 7) is 0.457. The molecule has 2 atom stereocenters. The zero-order valence-electron chi connectivity index (χ0n) is 15.4. The second-order valence-corrected chi connectivity index (χ2v) is 6.51. The molecule has 2 aromatic rings. The molecule has 0 saturated carbocycles. The van der Waals surface area contributed by atoms with E-state index in [1.54, 1.807) is 24.3 Å². The van der Waals surface area contributed by atoms with Gasteiger partial charge in [-0.2, -0.15) is 0 Å². The predicted octanol–water partition coefficient (Wildman–Crippen LogP) is 2.91. The van der Waals surface area contributed by atoms with Crippen molar-refractivity contribution in [2.75, 3.05) is 19.0 Å². The van der Waals surface area contributed by atoms with E-state index in [0.29, 0.717) is 30.6 Å². The smallest absolute Gasteiger partial charge is 0.328 e. The highest BCUT2D eigenvalue weighted by Gasteiger charge is 2.38. The first kappa shape index (κ1) is 19.3. The third-order valence-corrected chi connectivity index (χ3v) is 4.76. The Kier molecular flexibility index (Phi) is 5.88. The Balaban J connectivity index is 1.92. The number of rotatable bonds is 6. The minimum Gasteiger partial charge on any atom is -0.467 e. The topological polar surface area (TPSA) is 102 Å². The summed E-state index contributed by atoms with van der Waals surface area (Å²) in [4.78, 5) is 37.5. The number of ether oxygens (including phenoxy) is 1. The molecule has 146 valence electrons. The number of carbonyl (C=O) groups excluding carboxylic acids is 2. The number of amides is 1. The van der Waals surface area contributed by atoms with E-state index in [-0.39, 0.29) is 11.6 Å². The maximum absolute atomic E-state index is 13.3. The van der Waals surface area contributed by atoms with Crippen LogP contribution < -0.4 is 5.32 Å². The Morgan fingerprint density at radius 3 is 2.64 bits per heavy atom. The van der Waals surface area contributed by atoms with Crippen LogP contribution in [0.4, 0.5) is 11.4 Å². The summed E-state index contributed by atoms with van der Waals surface area (Å²) in [5.74, 6) is -0.710. The fourth-order valence-corrected chi connectivity index (χ4v) is 3.39. The standard InChI is InChI=1S/C20H21N3O5/c1-28-20(25)17-11-6-12-22(17)19(24)18(14-7-3-2-4-8-14)21-15-9-5-10-16(13-15)23(26)27/h2-5,7-10,13,17-18,21H,6,11-12H2,1H3. The first-order valence-corrected chi connectivity index (χ1v) is 8.95. The lowest BCUT2D eigenvalue weighted by Gasteiger charge is -2.28. The number of esters is 1. The molecule has 1 fully saturated rings. The van der Waals surface area contributed by atoms with Gasteiger partial charge in [0.2, 0.25) is 5.91 Å². The highest BCUT2D eigenvalue weighted by atomic mass is 16.6. The lowest BCUT2D eigenvalue weighted by molar-refractivity contribution is -0.384. The third-order valence-electron chi connectivity index (χ3n) is 4.76. The van der Waals surface area contributed by atoms with Gasteiger partial charge < -0.3 is 15.0 Å². The molecule has 8 nitrogen and oxygen atoms in total. The molecule has 1 heterocycles. The van der Waals surface area contributed by atoms with E-state index in [2.05, 4.69) is 5.32 Å². The molecule has 3 rings (SSSR count). The minimum absolute atomic E-state index is 0.0714. The van der Waals surface area contributed by atoms with Crippen molar-refractivity contribution in [3.8, 4) is 0 Å². The number of benzene rings is 2. The number of hydrogen-bond acceptors (Lipinski definition) is 6. The van der Waals surface area contributed by atoms with Gasteiger partial charge in [-0.05, 0) is 24.5 Å². The van der Waals surface area contributed by atoms with Gasteiger partial charge in [0.1, 0.15) is 12.1 Å². The third kappa shape index (κ3) is 4.11. The number of hydrogen-bond donors (Lipinski definition) is 1. The van der Waals surface area contributed by atoms with E-state index in [1.807, 2.05) is 18.2 Å². The molecule has 1 aliphatic heterocycles.